The highest BCUT2D eigenvalue weighted by Crippen LogP contribution is 2.63. The number of hydrogen-bond acceptors (Lipinski definition) is 0. The molecule has 28 heavy (non-hydrogen) atoms. The van der Waals surface area contributed by atoms with Crippen LogP contribution in [0.3, 0.4) is 0 Å². The van der Waals surface area contributed by atoms with Gasteiger partial charge in [0.1, 0.15) is 8.07 Å². The Morgan fingerprint density at radius 2 is 1.61 bits per heavy atom. The topological polar surface area (TPSA) is 0 Å². The molecular formula is C27H32Si. The summed E-state index contributed by atoms with van der Waals surface area (Å²) in [5.74, 6) is 2.25. The zero-order valence-electron chi connectivity index (χ0n) is 17.5. The first-order valence-corrected chi connectivity index (χ1v) is 14.2. The summed E-state index contributed by atoms with van der Waals surface area (Å²) in [6.07, 6.45) is 11.5. The van der Waals surface area contributed by atoms with Gasteiger partial charge in [-0.15, -0.1) is 0 Å². The van der Waals surface area contributed by atoms with Gasteiger partial charge in [-0.1, -0.05) is 97.5 Å². The summed E-state index contributed by atoms with van der Waals surface area (Å²) < 4.78 is 0. The maximum Gasteiger partial charge on any atom is 0.108 e. The summed E-state index contributed by atoms with van der Waals surface area (Å²) >= 11 is 0. The Kier molecular flexibility index (Phi) is 4.47. The van der Waals surface area contributed by atoms with E-state index in [-0.39, 0.29) is 0 Å². The Balaban J connectivity index is 1.22. The van der Waals surface area contributed by atoms with Crippen molar-refractivity contribution in [1.29, 1.82) is 0 Å². The first-order valence-electron chi connectivity index (χ1n) is 11.2. The molecule has 0 N–H and O–H groups in total. The van der Waals surface area contributed by atoms with E-state index in [1.165, 1.54) is 37.7 Å². The molecule has 0 aromatic heterocycles. The van der Waals surface area contributed by atoms with Crippen LogP contribution in [-0.2, 0) is 0 Å². The Morgan fingerprint density at radius 1 is 0.893 bits per heavy atom. The first-order chi connectivity index (χ1) is 13.6. The molecule has 0 amide bonds. The average molecular weight is 385 g/mol. The van der Waals surface area contributed by atoms with E-state index in [0.29, 0.717) is 5.92 Å². The lowest BCUT2D eigenvalue weighted by Crippen LogP contribution is -2.19. The molecule has 0 fully saturated rings. The normalized spacial score (nSPS) is 24.1. The van der Waals surface area contributed by atoms with Crippen molar-refractivity contribution in [3.05, 3.63) is 82.1 Å². The van der Waals surface area contributed by atoms with Gasteiger partial charge in [0.05, 0.1) is 0 Å². The molecule has 0 bridgehead atoms. The van der Waals surface area contributed by atoms with Crippen molar-refractivity contribution in [1.82, 2.24) is 0 Å². The van der Waals surface area contributed by atoms with Gasteiger partial charge in [-0.25, -0.2) is 0 Å². The van der Waals surface area contributed by atoms with Crippen LogP contribution in [0.2, 0.25) is 13.1 Å². The lowest BCUT2D eigenvalue weighted by molar-refractivity contribution is 0.398. The van der Waals surface area contributed by atoms with Gasteiger partial charge in [0.15, 0.2) is 0 Å². The second-order valence-corrected chi connectivity index (χ2v) is 13.9. The molecule has 144 valence electrons. The predicted molar refractivity (Wildman–Crippen MR) is 124 cm³/mol. The van der Waals surface area contributed by atoms with Crippen molar-refractivity contribution in [3.63, 3.8) is 0 Å². The average Bonchev–Trinajstić information content (AvgIpc) is 3.03. The Morgan fingerprint density at radius 3 is 2.43 bits per heavy atom. The molecule has 3 aliphatic rings. The molecule has 0 saturated carbocycles. The van der Waals surface area contributed by atoms with E-state index in [0.717, 1.165) is 11.8 Å². The molecule has 0 spiro atoms. The van der Waals surface area contributed by atoms with Gasteiger partial charge in [-0.05, 0) is 53.9 Å². The summed E-state index contributed by atoms with van der Waals surface area (Å²) in [4.78, 5) is 0. The van der Waals surface area contributed by atoms with Gasteiger partial charge >= 0.3 is 0 Å². The lowest BCUT2D eigenvalue weighted by Gasteiger charge is -2.24. The second-order valence-electron chi connectivity index (χ2n) is 9.58. The standard InChI is InChI=1S/C27H32Si/c1-4-19(13-15-21-17-16-20-9-5-6-10-22(20)21)14-18-25-23-11-7-8-12-24(23)26-27(25)28(26,2)3/h5-12,16-17,19,21,25H,4,13-15,18H2,1-3H3. The molecule has 0 nitrogen and oxygen atoms in total. The summed E-state index contributed by atoms with van der Waals surface area (Å²) in [7, 11) is -1.16. The van der Waals surface area contributed by atoms with E-state index in [1.54, 1.807) is 21.9 Å². The summed E-state index contributed by atoms with van der Waals surface area (Å²) in [6.45, 7) is 7.51. The molecule has 0 saturated heterocycles. The highest BCUT2D eigenvalue weighted by Gasteiger charge is 2.55. The quantitative estimate of drug-likeness (QED) is 0.428. The molecule has 5 rings (SSSR count). The predicted octanol–water partition coefficient (Wildman–Crippen LogP) is 7.74. The third kappa shape index (κ3) is 2.87. The van der Waals surface area contributed by atoms with E-state index >= 15 is 0 Å². The maximum absolute atomic E-state index is 2.56. The Labute approximate surface area is 171 Å². The molecule has 2 aromatic carbocycles. The Hall–Kier alpha value is -1.86. The molecule has 1 heterocycles. The minimum absolute atomic E-state index is 0.640. The van der Waals surface area contributed by atoms with Crippen LogP contribution >= 0.6 is 0 Å². The Bertz CT molecular complexity index is 962. The zero-order chi connectivity index (χ0) is 19.3. The van der Waals surface area contributed by atoms with Gasteiger partial charge in [-0.3, -0.25) is 0 Å². The van der Waals surface area contributed by atoms with Crippen LogP contribution in [0.4, 0.5) is 0 Å². The largest absolute Gasteiger partial charge is 0.108 e. The van der Waals surface area contributed by atoms with Crippen LogP contribution < -0.4 is 0 Å². The van der Waals surface area contributed by atoms with Gasteiger partial charge in [0, 0.05) is 11.8 Å². The fourth-order valence-corrected chi connectivity index (χ4v) is 10.1. The minimum atomic E-state index is -1.16. The SMILES string of the molecule is CCC(CCC1C=Cc2ccccc21)CCC1C2=C(c3ccccc31)[Si]2(C)C. The van der Waals surface area contributed by atoms with Crippen LogP contribution in [0, 0.1) is 5.92 Å². The molecule has 0 radical (unpaired) electrons. The van der Waals surface area contributed by atoms with Crippen LogP contribution in [0.1, 0.15) is 73.1 Å². The van der Waals surface area contributed by atoms with E-state index < -0.39 is 8.07 Å². The molecular weight excluding hydrogens is 352 g/mol. The van der Waals surface area contributed by atoms with Crippen molar-refractivity contribution in [2.45, 2.75) is 64.0 Å². The molecule has 2 aliphatic carbocycles. The molecule has 2 aromatic rings. The highest BCUT2D eigenvalue weighted by atomic mass is 28.3. The molecule has 1 aliphatic heterocycles. The fraction of sp³-hybridized carbons (Fsp3) is 0.407. The highest BCUT2D eigenvalue weighted by molar-refractivity contribution is 7.13. The van der Waals surface area contributed by atoms with Crippen LogP contribution in [-0.4, -0.2) is 8.07 Å². The van der Waals surface area contributed by atoms with Crippen molar-refractivity contribution < 1.29 is 0 Å². The van der Waals surface area contributed by atoms with Crippen molar-refractivity contribution in [2.75, 3.05) is 0 Å². The van der Waals surface area contributed by atoms with E-state index in [9.17, 15) is 0 Å². The smallest absolute Gasteiger partial charge is 0.0764 e. The molecule has 1 heteroatoms. The third-order valence-corrected chi connectivity index (χ3v) is 11.2. The minimum Gasteiger partial charge on any atom is -0.0764 e. The first kappa shape index (κ1) is 18.2. The van der Waals surface area contributed by atoms with E-state index in [4.69, 9.17) is 0 Å². The number of benzene rings is 2. The number of rotatable bonds is 7. The van der Waals surface area contributed by atoms with Crippen LogP contribution in [0.25, 0.3) is 11.3 Å². The van der Waals surface area contributed by atoms with E-state index in [1.807, 2.05) is 5.20 Å². The van der Waals surface area contributed by atoms with Crippen LogP contribution in [0.15, 0.2) is 59.8 Å². The van der Waals surface area contributed by atoms with Gasteiger partial charge in [-0.2, -0.15) is 0 Å². The van der Waals surface area contributed by atoms with Crippen molar-refractivity contribution >= 4 is 19.3 Å². The number of fused-ring (bicyclic) bond motifs is 3. The third-order valence-electron chi connectivity index (χ3n) is 7.69. The maximum atomic E-state index is 2.56. The van der Waals surface area contributed by atoms with Gasteiger partial charge < -0.3 is 0 Å². The van der Waals surface area contributed by atoms with Crippen molar-refractivity contribution in [3.8, 4) is 0 Å². The number of allylic oxidation sites excluding steroid dienone is 2. The summed E-state index contributed by atoms with van der Waals surface area (Å²) in [5.41, 5.74) is 6.23. The second kappa shape index (κ2) is 6.88. The lowest BCUT2D eigenvalue weighted by atomic mass is 9.85. The monoisotopic (exact) mass is 384 g/mol. The van der Waals surface area contributed by atoms with Gasteiger partial charge in [0.2, 0.25) is 0 Å². The zero-order valence-corrected chi connectivity index (χ0v) is 18.5. The van der Waals surface area contributed by atoms with Crippen molar-refractivity contribution in [2.24, 2.45) is 5.92 Å². The van der Waals surface area contributed by atoms with Gasteiger partial charge in [0.25, 0.3) is 0 Å². The van der Waals surface area contributed by atoms with E-state index in [2.05, 4.69) is 80.7 Å². The molecule has 3 unspecified atom stereocenters. The molecule has 3 atom stereocenters. The van der Waals surface area contributed by atoms with Crippen LogP contribution in [0.5, 0.6) is 0 Å². The summed E-state index contributed by atoms with van der Waals surface area (Å²) in [6, 6.07) is 18.2. The fourth-order valence-electron chi connectivity index (χ4n) is 6.02. The number of hydrogen-bond donors (Lipinski definition) is 0. The summed E-state index contributed by atoms with van der Waals surface area (Å²) in [5, 5.41) is 3.69.